The summed E-state index contributed by atoms with van der Waals surface area (Å²) in [5, 5.41) is 8.93. The van der Waals surface area contributed by atoms with Crippen LogP contribution in [0.3, 0.4) is 0 Å². The molecule has 0 atom stereocenters. The zero-order valence-corrected chi connectivity index (χ0v) is 16.7. The molecule has 1 aliphatic rings. The normalized spacial score (nSPS) is 16.2. The van der Waals surface area contributed by atoms with Crippen LogP contribution in [0.4, 0.5) is 0 Å². The molecular weight excluding hydrogens is 368 g/mol. The van der Waals surface area contributed by atoms with Crippen molar-refractivity contribution in [2.24, 2.45) is 5.92 Å². The van der Waals surface area contributed by atoms with Gasteiger partial charge in [-0.3, -0.25) is 4.79 Å². The highest BCUT2D eigenvalue weighted by molar-refractivity contribution is 7.89. The van der Waals surface area contributed by atoms with E-state index in [2.05, 4.69) is 0 Å². The Balaban J connectivity index is 1.88. The van der Waals surface area contributed by atoms with E-state index in [4.69, 9.17) is 5.11 Å². The summed E-state index contributed by atoms with van der Waals surface area (Å²) in [4.78, 5) is 25.2. The van der Waals surface area contributed by atoms with E-state index in [0.717, 1.165) is 12.0 Å². The topological polar surface area (TPSA) is 95.0 Å². The number of sulfonamides is 1. The standard InChI is InChI=1S/C19H28N2O5S/c1-3-4-13-27(25,26)21-11-9-16(10-12-21)18(22)20(2)14-15-5-7-17(8-6-15)19(23)24/h5-8,16H,3-4,9-14H2,1-2H3,(H,23,24). The predicted octanol–water partition coefficient (Wildman–Crippen LogP) is 2.19. The fraction of sp³-hybridized carbons (Fsp3) is 0.579. The van der Waals surface area contributed by atoms with E-state index in [9.17, 15) is 18.0 Å². The number of carboxylic acid groups (broad SMARTS) is 1. The van der Waals surface area contributed by atoms with E-state index in [0.29, 0.717) is 38.9 Å². The van der Waals surface area contributed by atoms with Gasteiger partial charge in [-0.2, -0.15) is 0 Å². The van der Waals surface area contributed by atoms with Crippen LogP contribution in [0, 0.1) is 5.92 Å². The minimum Gasteiger partial charge on any atom is -0.478 e. The van der Waals surface area contributed by atoms with Gasteiger partial charge in [0.1, 0.15) is 0 Å². The number of carbonyl (C=O) groups is 2. The molecule has 1 N–H and O–H groups in total. The Morgan fingerprint density at radius 3 is 2.30 bits per heavy atom. The number of benzene rings is 1. The molecule has 0 aliphatic carbocycles. The summed E-state index contributed by atoms with van der Waals surface area (Å²) in [6.07, 6.45) is 2.57. The molecule has 1 fully saturated rings. The summed E-state index contributed by atoms with van der Waals surface area (Å²) in [7, 11) is -1.49. The molecule has 1 saturated heterocycles. The lowest BCUT2D eigenvalue weighted by molar-refractivity contribution is -0.135. The summed E-state index contributed by atoms with van der Waals surface area (Å²) in [5.74, 6) is -0.977. The first-order valence-electron chi connectivity index (χ1n) is 9.29. The average Bonchev–Trinajstić information content (AvgIpc) is 2.66. The monoisotopic (exact) mass is 396 g/mol. The summed E-state index contributed by atoms with van der Waals surface area (Å²) in [6.45, 7) is 3.15. The first-order chi connectivity index (χ1) is 12.7. The first kappa shape index (κ1) is 21.4. The van der Waals surface area contributed by atoms with Crippen LogP contribution in [0.1, 0.15) is 48.5 Å². The van der Waals surface area contributed by atoms with Crippen molar-refractivity contribution < 1.29 is 23.1 Å². The second kappa shape index (κ2) is 9.32. The lowest BCUT2D eigenvalue weighted by Crippen LogP contribution is -2.44. The van der Waals surface area contributed by atoms with Crippen LogP contribution in [0.2, 0.25) is 0 Å². The van der Waals surface area contributed by atoms with Gasteiger partial charge >= 0.3 is 5.97 Å². The van der Waals surface area contributed by atoms with Crippen LogP contribution in [-0.4, -0.2) is 60.5 Å². The zero-order chi connectivity index (χ0) is 20.0. The molecule has 1 heterocycles. The molecule has 1 amide bonds. The van der Waals surface area contributed by atoms with Crippen molar-refractivity contribution in [3.05, 3.63) is 35.4 Å². The number of aromatic carboxylic acids is 1. The molecule has 7 nitrogen and oxygen atoms in total. The number of carboxylic acids is 1. The Labute approximate surface area is 161 Å². The molecule has 1 aromatic rings. The van der Waals surface area contributed by atoms with Crippen molar-refractivity contribution >= 4 is 21.9 Å². The third-order valence-corrected chi connectivity index (χ3v) is 6.91. The van der Waals surface area contributed by atoms with Crippen LogP contribution in [0.25, 0.3) is 0 Å². The molecular formula is C19H28N2O5S. The van der Waals surface area contributed by atoms with Gasteiger partial charge in [-0.05, 0) is 37.0 Å². The predicted molar refractivity (Wildman–Crippen MR) is 103 cm³/mol. The number of unbranched alkanes of at least 4 members (excludes halogenated alkanes) is 1. The van der Waals surface area contributed by atoms with E-state index < -0.39 is 16.0 Å². The van der Waals surface area contributed by atoms with Crippen LogP contribution in [0.15, 0.2) is 24.3 Å². The van der Waals surface area contributed by atoms with Crippen molar-refractivity contribution in [2.75, 3.05) is 25.9 Å². The van der Waals surface area contributed by atoms with Gasteiger partial charge < -0.3 is 10.0 Å². The van der Waals surface area contributed by atoms with Crippen LogP contribution < -0.4 is 0 Å². The third-order valence-electron chi connectivity index (χ3n) is 4.95. The quantitative estimate of drug-likeness (QED) is 0.727. The molecule has 8 heteroatoms. The molecule has 0 unspecified atom stereocenters. The Kier molecular flexibility index (Phi) is 7.38. The molecule has 1 aromatic carbocycles. The number of piperidine rings is 1. The number of amides is 1. The number of nitrogens with zero attached hydrogens (tertiary/aromatic N) is 2. The van der Waals surface area contributed by atoms with Gasteiger partial charge in [0.25, 0.3) is 0 Å². The highest BCUT2D eigenvalue weighted by atomic mass is 32.2. The van der Waals surface area contributed by atoms with Crippen molar-refractivity contribution in [3.8, 4) is 0 Å². The molecule has 0 bridgehead atoms. The molecule has 0 saturated carbocycles. The maximum Gasteiger partial charge on any atom is 0.335 e. The zero-order valence-electron chi connectivity index (χ0n) is 15.9. The summed E-state index contributed by atoms with van der Waals surface area (Å²) < 4.78 is 26.0. The van der Waals surface area contributed by atoms with E-state index in [1.54, 1.807) is 24.1 Å². The number of hydrogen-bond acceptors (Lipinski definition) is 4. The van der Waals surface area contributed by atoms with Crippen molar-refractivity contribution in [1.82, 2.24) is 9.21 Å². The van der Waals surface area contributed by atoms with Crippen LogP contribution in [-0.2, 0) is 21.4 Å². The SMILES string of the molecule is CCCCS(=O)(=O)N1CCC(C(=O)N(C)Cc2ccc(C(=O)O)cc2)CC1. The third kappa shape index (κ3) is 5.77. The van der Waals surface area contributed by atoms with Crippen LogP contribution in [0.5, 0.6) is 0 Å². The summed E-state index contributed by atoms with van der Waals surface area (Å²) >= 11 is 0. The summed E-state index contributed by atoms with van der Waals surface area (Å²) in [5.41, 5.74) is 1.07. The van der Waals surface area contributed by atoms with Gasteiger partial charge in [-0.25, -0.2) is 17.5 Å². The molecule has 0 radical (unpaired) electrons. The highest BCUT2D eigenvalue weighted by Crippen LogP contribution is 2.22. The van der Waals surface area contributed by atoms with Gasteiger partial charge in [-0.1, -0.05) is 25.5 Å². The Morgan fingerprint density at radius 1 is 1.19 bits per heavy atom. The van der Waals surface area contributed by atoms with Gasteiger partial charge in [0.15, 0.2) is 0 Å². The smallest absolute Gasteiger partial charge is 0.335 e. The molecule has 2 rings (SSSR count). The lowest BCUT2D eigenvalue weighted by atomic mass is 9.96. The van der Waals surface area contributed by atoms with Crippen LogP contribution >= 0.6 is 0 Å². The lowest BCUT2D eigenvalue weighted by Gasteiger charge is -2.32. The summed E-state index contributed by atoms with van der Waals surface area (Å²) in [6, 6.07) is 6.46. The van der Waals surface area contributed by atoms with Gasteiger partial charge in [-0.15, -0.1) is 0 Å². The maximum atomic E-state index is 12.7. The minimum atomic E-state index is -3.21. The molecule has 27 heavy (non-hydrogen) atoms. The second-order valence-electron chi connectivity index (χ2n) is 7.04. The van der Waals surface area contributed by atoms with E-state index >= 15 is 0 Å². The largest absolute Gasteiger partial charge is 0.478 e. The fourth-order valence-electron chi connectivity index (χ4n) is 3.25. The maximum absolute atomic E-state index is 12.7. The van der Waals surface area contributed by atoms with Crippen molar-refractivity contribution in [1.29, 1.82) is 0 Å². The number of carbonyl (C=O) groups excluding carboxylic acids is 1. The second-order valence-corrected chi connectivity index (χ2v) is 9.13. The Morgan fingerprint density at radius 2 is 1.78 bits per heavy atom. The van der Waals surface area contributed by atoms with Gasteiger partial charge in [0.05, 0.1) is 11.3 Å². The minimum absolute atomic E-state index is 0.00270. The fourth-order valence-corrected chi connectivity index (χ4v) is 4.93. The Hall–Kier alpha value is -1.93. The van der Waals surface area contributed by atoms with Crippen molar-refractivity contribution in [3.63, 3.8) is 0 Å². The molecule has 1 aliphatic heterocycles. The molecule has 0 spiro atoms. The number of rotatable bonds is 8. The highest BCUT2D eigenvalue weighted by Gasteiger charge is 2.31. The van der Waals surface area contributed by atoms with E-state index in [-0.39, 0.29) is 23.1 Å². The van der Waals surface area contributed by atoms with E-state index in [1.807, 2.05) is 6.92 Å². The van der Waals surface area contributed by atoms with Crippen molar-refractivity contribution in [2.45, 2.75) is 39.2 Å². The van der Waals surface area contributed by atoms with E-state index in [1.165, 1.54) is 16.4 Å². The molecule has 150 valence electrons. The Bertz CT molecular complexity index is 753. The molecule has 0 aromatic heterocycles. The number of hydrogen-bond donors (Lipinski definition) is 1. The first-order valence-corrected chi connectivity index (χ1v) is 10.9. The average molecular weight is 397 g/mol. The van der Waals surface area contributed by atoms with Gasteiger partial charge in [0.2, 0.25) is 15.9 Å². The van der Waals surface area contributed by atoms with Gasteiger partial charge in [0, 0.05) is 32.6 Å².